The molecule has 26 heavy (non-hydrogen) atoms. The Morgan fingerprint density at radius 1 is 1.35 bits per heavy atom. The van der Waals surface area contributed by atoms with Crippen LogP contribution in [0.2, 0.25) is 5.02 Å². The summed E-state index contributed by atoms with van der Waals surface area (Å²) in [4.78, 5) is 9.61. The molecule has 2 fully saturated rings. The average molecular weight is 453 g/mol. The second-order valence-electron chi connectivity index (χ2n) is 6.67. The van der Waals surface area contributed by atoms with E-state index in [1.165, 1.54) is 0 Å². The Morgan fingerprint density at radius 3 is 2.88 bits per heavy atom. The molecule has 0 bridgehead atoms. The van der Waals surface area contributed by atoms with Crippen LogP contribution in [0, 0.1) is 11.6 Å². The van der Waals surface area contributed by atoms with Crippen LogP contribution in [0.5, 0.6) is 11.9 Å². The molecule has 1 N–H and O–H groups in total. The Kier molecular flexibility index (Phi) is 4.44. The van der Waals surface area contributed by atoms with Crippen LogP contribution in [-0.4, -0.2) is 51.4 Å². The maximum atomic E-state index is 14.4. The minimum atomic E-state index is -1.03. The van der Waals surface area contributed by atoms with Crippen molar-refractivity contribution in [3.8, 4) is 11.9 Å². The van der Waals surface area contributed by atoms with Gasteiger partial charge in [0.05, 0.1) is 15.0 Å². The smallest absolute Gasteiger partial charge is 0.320 e. The van der Waals surface area contributed by atoms with E-state index in [-0.39, 0.29) is 17.1 Å². The van der Waals surface area contributed by atoms with E-state index in [9.17, 15) is 18.3 Å². The molecule has 2 atom stereocenters. The molecular weight excluding hydrogens is 439 g/mol. The van der Waals surface area contributed by atoms with Crippen molar-refractivity contribution < 1.29 is 23.0 Å². The van der Waals surface area contributed by atoms with Crippen molar-refractivity contribution in [2.75, 3.05) is 19.7 Å². The van der Waals surface area contributed by atoms with Gasteiger partial charge in [-0.15, -0.1) is 0 Å². The molecular formula is C16H14BrClF3N3O2. The first-order valence-electron chi connectivity index (χ1n) is 8.07. The van der Waals surface area contributed by atoms with E-state index in [1.807, 2.05) is 4.90 Å². The fraction of sp³-hybridized carbons (Fsp3) is 0.500. The van der Waals surface area contributed by atoms with Crippen LogP contribution in [0.1, 0.15) is 19.3 Å². The number of ether oxygens (including phenoxy) is 1. The number of nitrogens with zero attached hydrogens (tertiary/aromatic N) is 3. The third-order valence-corrected chi connectivity index (χ3v) is 6.43. The lowest BCUT2D eigenvalue weighted by Crippen LogP contribution is -2.43. The van der Waals surface area contributed by atoms with Gasteiger partial charge in [0.2, 0.25) is 5.88 Å². The van der Waals surface area contributed by atoms with Crippen molar-refractivity contribution in [3.05, 3.63) is 21.1 Å². The van der Waals surface area contributed by atoms with Crippen LogP contribution in [0.4, 0.5) is 13.2 Å². The van der Waals surface area contributed by atoms with Gasteiger partial charge in [0, 0.05) is 13.0 Å². The number of rotatable bonds is 3. The molecule has 2 aliphatic rings. The highest BCUT2D eigenvalue weighted by Crippen LogP contribution is 2.41. The van der Waals surface area contributed by atoms with Crippen LogP contribution in [-0.2, 0) is 0 Å². The summed E-state index contributed by atoms with van der Waals surface area (Å²) in [6.45, 7) is 1.26. The van der Waals surface area contributed by atoms with E-state index in [2.05, 4.69) is 25.9 Å². The van der Waals surface area contributed by atoms with Gasteiger partial charge >= 0.3 is 6.01 Å². The summed E-state index contributed by atoms with van der Waals surface area (Å²) in [5.41, 5.74) is -0.894. The van der Waals surface area contributed by atoms with E-state index in [4.69, 9.17) is 16.3 Å². The normalized spacial score (nSPS) is 25.8. The molecule has 140 valence electrons. The number of benzene rings is 1. The minimum absolute atomic E-state index is 0.108. The molecule has 3 heterocycles. The van der Waals surface area contributed by atoms with Crippen molar-refractivity contribution in [1.82, 2.24) is 14.9 Å². The average Bonchev–Trinajstić information content (AvgIpc) is 3.11. The van der Waals surface area contributed by atoms with E-state index in [0.29, 0.717) is 13.0 Å². The second-order valence-corrected chi connectivity index (χ2v) is 7.84. The molecule has 0 saturated carbocycles. The van der Waals surface area contributed by atoms with Crippen LogP contribution < -0.4 is 4.74 Å². The maximum Gasteiger partial charge on any atom is 0.320 e. The standard InChI is InChI=1S/C16H14BrClF3N3O2/c17-9-10(18)11(20)8-13(12(9)21)22-15(23-14(8)25)26-6-16-2-1-3-24(16)5-7(19)4-16/h7H,1-6H2,(H,22,23,25)/t7-,16?/m1/s1. The molecule has 5 nitrogen and oxygen atoms in total. The van der Waals surface area contributed by atoms with Gasteiger partial charge in [0.1, 0.15) is 23.7 Å². The highest BCUT2D eigenvalue weighted by atomic mass is 79.9. The van der Waals surface area contributed by atoms with Gasteiger partial charge in [-0.2, -0.15) is 9.97 Å². The molecule has 0 spiro atoms. The Labute approximate surface area is 160 Å². The molecule has 2 saturated heterocycles. The van der Waals surface area contributed by atoms with Crippen LogP contribution in [0.15, 0.2) is 4.47 Å². The zero-order valence-electron chi connectivity index (χ0n) is 13.4. The van der Waals surface area contributed by atoms with Crippen LogP contribution >= 0.6 is 27.5 Å². The molecule has 1 aromatic heterocycles. The first-order valence-corrected chi connectivity index (χ1v) is 9.24. The summed E-state index contributed by atoms with van der Waals surface area (Å²) in [6, 6.07) is -0.300. The fourth-order valence-electron chi connectivity index (χ4n) is 3.91. The second kappa shape index (κ2) is 6.38. The van der Waals surface area contributed by atoms with Crippen LogP contribution in [0.3, 0.4) is 0 Å². The lowest BCUT2D eigenvalue weighted by Gasteiger charge is -2.30. The number of hydrogen-bond donors (Lipinski definition) is 1. The zero-order valence-corrected chi connectivity index (χ0v) is 15.7. The number of alkyl halides is 1. The van der Waals surface area contributed by atoms with Crippen molar-refractivity contribution in [3.63, 3.8) is 0 Å². The summed E-state index contributed by atoms with van der Waals surface area (Å²) in [7, 11) is 0. The molecule has 2 aliphatic heterocycles. The Morgan fingerprint density at radius 2 is 2.12 bits per heavy atom. The van der Waals surface area contributed by atoms with E-state index in [1.54, 1.807) is 0 Å². The lowest BCUT2D eigenvalue weighted by molar-refractivity contribution is 0.107. The van der Waals surface area contributed by atoms with Gasteiger partial charge in [-0.3, -0.25) is 4.90 Å². The third kappa shape index (κ3) is 2.71. The van der Waals surface area contributed by atoms with E-state index in [0.717, 1.165) is 19.4 Å². The summed E-state index contributed by atoms with van der Waals surface area (Å²) in [6.07, 6.45) is 1.13. The van der Waals surface area contributed by atoms with Gasteiger partial charge in [0.15, 0.2) is 11.6 Å². The monoisotopic (exact) mass is 451 g/mol. The minimum Gasteiger partial charge on any atom is -0.493 e. The first kappa shape index (κ1) is 18.1. The van der Waals surface area contributed by atoms with E-state index < -0.39 is 45.2 Å². The van der Waals surface area contributed by atoms with Gasteiger partial charge in [-0.05, 0) is 35.3 Å². The van der Waals surface area contributed by atoms with Gasteiger partial charge in [0.25, 0.3) is 0 Å². The van der Waals surface area contributed by atoms with Crippen molar-refractivity contribution in [1.29, 1.82) is 0 Å². The highest BCUT2D eigenvalue weighted by Gasteiger charge is 2.49. The molecule has 0 aliphatic carbocycles. The van der Waals surface area contributed by atoms with Gasteiger partial charge in [-0.25, -0.2) is 13.2 Å². The number of fused-ring (bicyclic) bond motifs is 2. The predicted octanol–water partition coefficient (Wildman–Crippen LogP) is 3.98. The zero-order chi connectivity index (χ0) is 18.6. The summed E-state index contributed by atoms with van der Waals surface area (Å²) in [5, 5.41) is 8.98. The third-order valence-electron chi connectivity index (χ3n) is 5.11. The molecule has 1 aromatic carbocycles. The Hall–Kier alpha value is -1.32. The van der Waals surface area contributed by atoms with Crippen molar-refractivity contribution in [2.24, 2.45) is 0 Å². The quantitative estimate of drug-likeness (QED) is 0.564. The van der Waals surface area contributed by atoms with Crippen LogP contribution in [0.25, 0.3) is 10.9 Å². The predicted molar refractivity (Wildman–Crippen MR) is 92.4 cm³/mol. The number of hydrogen-bond acceptors (Lipinski definition) is 5. The number of aromatic nitrogens is 2. The lowest BCUT2D eigenvalue weighted by atomic mass is 9.95. The molecule has 10 heteroatoms. The van der Waals surface area contributed by atoms with Gasteiger partial charge in [-0.1, -0.05) is 11.6 Å². The van der Waals surface area contributed by atoms with Crippen molar-refractivity contribution in [2.45, 2.75) is 31.0 Å². The maximum absolute atomic E-state index is 14.4. The Balaban J connectivity index is 1.68. The largest absolute Gasteiger partial charge is 0.493 e. The summed E-state index contributed by atoms with van der Waals surface area (Å²) < 4.78 is 47.7. The SMILES string of the molecule is Oc1nc(OCC23CCCN2C[C@H](F)C3)nc2c(F)c(Br)c(Cl)c(F)c12. The van der Waals surface area contributed by atoms with Gasteiger partial charge < -0.3 is 9.84 Å². The number of aromatic hydroxyl groups is 1. The molecule has 1 unspecified atom stereocenters. The molecule has 2 aromatic rings. The Bertz CT molecular complexity index is 903. The first-order chi connectivity index (χ1) is 12.3. The molecule has 0 amide bonds. The fourth-order valence-corrected chi connectivity index (χ4v) is 4.45. The van der Waals surface area contributed by atoms with E-state index >= 15 is 0 Å². The topological polar surface area (TPSA) is 58.5 Å². The molecule has 0 radical (unpaired) electrons. The number of halogens is 5. The van der Waals surface area contributed by atoms with Crippen molar-refractivity contribution >= 4 is 38.4 Å². The summed E-state index contributed by atoms with van der Waals surface area (Å²) >= 11 is 8.55. The highest BCUT2D eigenvalue weighted by molar-refractivity contribution is 9.10. The summed E-state index contributed by atoms with van der Waals surface area (Å²) in [5.74, 6) is -2.73. The molecule has 4 rings (SSSR count).